The van der Waals surface area contributed by atoms with Gasteiger partial charge in [0, 0.05) is 5.92 Å². The maximum Gasteiger partial charge on any atom is 0.337 e. The second kappa shape index (κ2) is 6.92. The molecule has 0 spiro atoms. The Bertz CT molecular complexity index is 1130. The van der Waals surface area contributed by atoms with Crippen LogP contribution < -0.4 is 0 Å². The number of carbonyl (C=O) groups is 2. The third-order valence-electron chi connectivity index (χ3n) is 5.92. The number of nitrogens with zero attached hydrogens (tertiary/aromatic N) is 4. The molecule has 9 heteroatoms. The Morgan fingerprint density at radius 1 is 0.933 bits per heavy atom. The number of carbonyl (C=O) groups excluding carboxylic acids is 2. The molecule has 9 nitrogen and oxygen atoms in total. The second-order valence-corrected chi connectivity index (χ2v) is 6.89. The molecule has 1 aromatic carbocycles. The van der Waals surface area contributed by atoms with E-state index in [-0.39, 0.29) is 11.1 Å². The van der Waals surface area contributed by atoms with E-state index in [0.717, 1.165) is 14.2 Å². The molecule has 0 heterocycles. The van der Waals surface area contributed by atoms with E-state index in [1.54, 1.807) is 36.4 Å². The molecule has 3 atom stereocenters. The lowest BCUT2D eigenvalue weighted by Gasteiger charge is -2.46. The molecule has 0 unspecified atom stereocenters. The van der Waals surface area contributed by atoms with Gasteiger partial charge in [-0.15, -0.1) is 0 Å². The Balaban J connectivity index is 2.65. The van der Waals surface area contributed by atoms with Crippen molar-refractivity contribution >= 4 is 11.9 Å². The van der Waals surface area contributed by atoms with Crippen molar-refractivity contribution in [3.63, 3.8) is 0 Å². The highest BCUT2D eigenvalue weighted by Crippen LogP contribution is 2.67. The van der Waals surface area contributed by atoms with E-state index in [0.29, 0.717) is 0 Å². The molecule has 0 saturated heterocycles. The van der Waals surface area contributed by atoms with Gasteiger partial charge in [0.2, 0.25) is 0 Å². The summed E-state index contributed by atoms with van der Waals surface area (Å²) in [6.07, 6.45) is 0. The summed E-state index contributed by atoms with van der Waals surface area (Å²) in [5.41, 5.74) is -4.80. The average Bonchev–Trinajstić information content (AvgIpc) is 2.95. The summed E-state index contributed by atoms with van der Waals surface area (Å²) in [5.74, 6) is -7.56. The monoisotopic (exact) mass is 402 g/mol. The van der Waals surface area contributed by atoms with Gasteiger partial charge in [0.05, 0.1) is 50.0 Å². The first-order chi connectivity index (χ1) is 14.3. The molecule has 148 valence electrons. The van der Waals surface area contributed by atoms with Crippen LogP contribution in [0.2, 0.25) is 0 Å². The van der Waals surface area contributed by atoms with E-state index in [2.05, 4.69) is 0 Å². The fraction of sp³-hybridized carbons (Fsp3) is 0.333. The molecular weight excluding hydrogens is 388 g/mol. The van der Waals surface area contributed by atoms with E-state index < -0.39 is 51.9 Å². The Labute approximate surface area is 171 Å². The van der Waals surface area contributed by atoms with Crippen LogP contribution in [0.15, 0.2) is 35.6 Å². The van der Waals surface area contributed by atoms with Gasteiger partial charge in [0.25, 0.3) is 0 Å². The van der Waals surface area contributed by atoms with Gasteiger partial charge in [0.15, 0.2) is 10.8 Å². The highest BCUT2D eigenvalue weighted by atomic mass is 16.5. The molecule has 0 fully saturated rings. The lowest BCUT2D eigenvalue weighted by Crippen LogP contribution is -2.52. The number of rotatable bonds is 2. The lowest BCUT2D eigenvalue weighted by molar-refractivity contribution is -0.146. The standard InChI is InChI=1S/C21H14N4O5/c1-29-18(27)13-15-11-5-3-4-6-12(11)16(14(17(13)26)19(28)30-2)21(9-24,10-25)20(15,7-22)8-23/h3-6,13,15-16,26H,1-2H3/t13-,15+,16-/m0/s1. The zero-order valence-electron chi connectivity index (χ0n) is 15.9. The van der Waals surface area contributed by atoms with Gasteiger partial charge in [-0.25, -0.2) is 4.79 Å². The maximum absolute atomic E-state index is 12.7. The molecule has 0 aromatic heterocycles. The molecule has 4 rings (SSSR count). The number of nitriles is 4. The summed E-state index contributed by atoms with van der Waals surface area (Å²) in [7, 11) is 2.07. The average molecular weight is 402 g/mol. The van der Waals surface area contributed by atoms with E-state index in [9.17, 15) is 35.7 Å². The summed E-state index contributed by atoms with van der Waals surface area (Å²) >= 11 is 0. The van der Waals surface area contributed by atoms with Crippen molar-refractivity contribution in [3.8, 4) is 24.3 Å². The predicted molar refractivity (Wildman–Crippen MR) is 96.4 cm³/mol. The van der Waals surface area contributed by atoms with Gasteiger partial charge in [-0.05, 0) is 11.1 Å². The topological polar surface area (TPSA) is 168 Å². The van der Waals surface area contributed by atoms with E-state index >= 15 is 0 Å². The van der Waals surface area contributed by atoms with Crippen LogP contribution >= 0.6 is 0 Å². The highest BCUT2D eigenvalue weighted by molar-refractivity contribution is 5.95. The molecule has 1 aromatic rings. The van der Waals surface area contributed by atoms with Gasteiger partial charge in [-0.3, -0.25) is 4.79 Å². The number of fused-ring (bicyclic) bond motifs is 2. The number of hydrogen-bond acceptors (Lipinski definition) is 9. The van der Waals surface area contributed by atoms with Gasteiger partial charge in [-0.2, -0.15) is 21.0 Å². The first-order valence-electron chi connectivity index (χ1n) is 8.68. The van der Waals surface area contributed by atoms with Crippen molar-refractivity contribution in [2.75, 3.05) is 14.2 Å². The van der Waals surface area contributed by atoms with Gasteiger partial charge >= 0.3 is 11.9 Å². The SMILES string of the molecule is COC(=O)C1=C(O)[C@@H](C(=O)OC)[C@H]2c3ccccc3[C@@H]1C(C#N)(C#N)C2(C#N)C#N. The van der Waals surface area contributed by atoms with Gasteiger partial charge in [0.1, 0.15) is 11.7 Å². The molecular formula is C21H14N4O5. The van der Waals surface area contributed by atoms with E-state index in [1.165, 1.54) is 12.1 Å². The number of hydrogen-bond donors (Lipinski definition) is 1. The third kappa shape index (κ3) is 2.12. The van der Waals surface area contributed by atoms with Crippen LogP contribution in [-0.2, 0) is 19.1 Å². The molecule has 3 aliphatic carbocycles. The first kappa shape index (κ1) is 20.4. The Morgan fingerprint density at radius 3 is 1.93 bits per heavy atom. The van der Waals surface area contributed by atoms with Crippen molar-refractivity contribution < 1.29 is 24.2 Å². The summed E-state index contributed by atoms with van der Waals surface area (Å²) in [5, 5.41) is 51.5. The van der Waals surface area contributed by atoms with Gasteiger partial charge in [-0.1, -0.05) is 24.3 Å². The van der Waals surface area contributed by atoms with Crippen molar-refractivity contribution in [2.24, 2.45) is 16.7 Å². The number of esters is 2. The molecule has 0 amide bonds. The maximum atomic E-state index is 12.7. The highest BCUT2D eigenvalue weighted by Gasteiger charge is 2.73. The molecule has 30 heavy (non-hydrogen) atoms. The predicted octanol–water partition coefficient (Wildman–Crippen LogP) is 1.72. The summed E-state index contributed by atoms with van der Waals surface area (Å²) in [4.78, 5) is 25.5. The summed E-state index contributed by atoms with van der Waals surface area (Å²) in [6, 6.07) is 13.3. The summed E-state index contributed by atoms with van der Waals surface area (Å²) < 4.78 is 9.56. The fourth-order valence-electron chi connectivity index (χ4n) is 4.65. The van der Waals surface area contributed by atoms with Crippen LogP contribution in [0.4, 0.5) is 0 Å². The molecule has 2 bridgehead atoms. The van der Waals surface area contributed by atoms with E-state index in [1.807, 2.05) is 0 Å². The number of ether oxygens (including phenoxy) is 2. The van der Waals surface area contributed by atoms with Gasteiger partial charge < -0.3 is 14.6 Å². The van der Waals surface area contributed by atoms with E-state index in [4.69, 9.17) is 9.47 Å². The molecule has 0 aliphatic heterocycles. The van der Waals surface area contributed by atoms with Crippen molar-refractivity contribution in [2.45, 2.75) is 11.8 Å². The second-order valence-electron chi connectivity index (χ2n) is 6.89. The molecule has 1 N–H and O–H groups in total. The smallest absolute Gasteiger partial charge is 0.337 e. The van der Waals surface area contributed by atoms with Crippen LogP contribution in [0.1, 0.15) is 23.0 Å². The van der Waals surface area contributed by atoms with Crippen LogP contribution in [0.3, 0.4) is 0 Å². The lowest BCUT2D eigenvalue weighted by atomic mass is 9.47. The summed E-state index contributed by atoms with van der Waals surface area (Å²) in [6.45, 7) is 0. The number of methoxy groups -OCH3 is 2. The zero-order valence-corrected chi connectivity index (χ0v) is 15.9. The Hall–Kier alpha value is -4.34. The Kier molecular flexibility index (Phi) is 4.71. The minimum Gasteiger partial charge on any atom is -0.511 e. The zero-order chi connectivity index (χ0) is 22.3. The van der Waals surface area contributed by atoms with Crippen LogP contribution in [0.25, 0.3) is 0 Å². The van der Waals surface area contributed by atoms with Crippen LogP contribution in [0, 0.1) is 62.1 Å². The fourth-order valence-corrected chi connectivity index (χ4v) is 4.65. The van der Waals surface area contributed by atoms with Crippen molar-refractivity contribution in [1.82, 2.24) is 0 Å². The Morgan fingerprint density at radius 2 is 1.47 bits per heavy atom. The minimum absolute atomic E-state index is 0.269. The number of benzene rings is 1. The normalized spacial score (nSPS) is 24.7. The third-order valence-corrected chi connectivity index (χ3v) is 5.92. The molecule has 0 saturated carbocycles. The van der Waals surface area contributed by atoms with Crippen LogP contribution in [-0.4, -0.2) is 31.3 Å². The largest absolute Gasteiger partial charge is 0.511 e. The van der Waals surface area contributed by atoms with Crippen molar-refractivity contribution in [1.29, 1.82) is 21.0 Å². The minimum atomic E-state index is -2.42. The number of aliphatic hydroxyl groups is 1. The van der Waals surface area contributed by atoms with Crippen molar-refractivity contribution in [3.05, 3.63) is 46.7 Å². The first-order valence-corrected chi connectivity index (χ1v) is 8.68. The molecule has 3 aliphatic rings. The number of aliphatic hydroxyl groups excluding tert-OH is 1. The quantitative estimate of drug-likeness (QED) is 0.724. The molecule has 0 radical (unpaired) electrons. The van der Waals surface area contributed by atoms with Crippen LogP contribution in [0.5, 0.6) is 0 Å².